The van der Waals surface area contributed by atoms with Gasteiger partial charge < -0.3 is 4.98 Å². The maximum atomic E-state index is 13.5. The van der Waals surface area contributed by atoms with Gasteiger partial charge in [0.2, 0.25) is 0 Å². The molecule has 3 aromatic carbocycles. The minimum absolute atomic E-state index is 0.127. The van der Waals surface area contributed by atoms with Gasteiger partial charge in [-0.2, -0.15) is 0 Å². The van der Waals surface area contributed by atoms with Crippen molar-refractivity contribution in [3.05, 3.63) is 101 Å². The lowest BCUT2D eigenvalue weighted by Crippen LogP contribution is -2.09. The number of carbonyl (C=O) groups is 1. The minimum Gasteiger partial charge on any atom is -0.360 e. The number of para-hydroxylation sites is 1. The van der Waals surface area contributed by atoms with Crippen LogP contribution in [0.3, 0.4) is 0 Å². The van der Waals surface area contributed by atoms with Gasteiger partial charge >= 0.3 is 0 Å². The zero-order valence-electron chi connectivity index (χ0n) is 15.4. The second-order valence-electron chi connectivity index (χ2n) is 6.77. The van der Waals surface area contributed by atoms with Crippen molar-refractivity contribution in [2.75, 3.05) is 0 Å². The molecule has 1 aromatic heterocycles. The molecule has 134 valence electrons. The topological polar surface area (TPSA) is 32.9 Å². The summed E-state index contributed by atoms with van der Waals surface area (Å²) in [5.74, 6) is 0.127. The van der Waals surface area contributed by atoms with Crippen LogP contribution in [0.2, 0.25) is 0 Å². The van der Waals surface area contributed by atoms with Crippen LogP contribution in [-0.4, -0.2) is 10.8 Å². The second kappa shape index (κ2) is 7.45. The summed E-state index contributed by atoms with van der Waals surface area (Å²) in [6.45, 7) is 4.22. The Kier molecular flexibility index (Phi) is 4.87. The largest absolute Gasteiger partial charge is 0.360 e. The number of hydrogen-bond acceptors (Lipinski definition) is 2. The average molecular weight is 372 g/mol. The van der Waals surface area contributed by atoms with E-state index in [1.165, 1.54) is 11.1 Å². The summed E-state index contributed by atoms with van der Waals surface area (Å²) >= 11 is 1.62. The van der Waals surface area contributed by atoms with Crippen LogP contribution in [0.1, 0.15) is 32.3 Å². The number of aromatic nitrogens is 1. The first-order chi connectivity index (χ1) is 13.1. The van der Waals surface area contributed by atoms with Crippen LogP contribution < -0.4 is 0 Å². The summed E-state index contributed by atoms with van der Waals surface area (Å²) in [5, 5.41) is 0.691. The molecule has 0 radical (unpaired) electrons. The third-order valence-electron chi connectivity index (χ3n) is 4.93. The van der Waals surface area contributed by atoms with E-state index in [2.05, 4.69) is 37.0 Å². The number of ketones is 1. The predicted octanol–water partition coefficient (Wildman–Crippen LogP) is 6.50. The summed E-state index contributed by atoms with van der Waals surface area (Å²) in [4.78, 5) is 17.9. The molecule has 3 heteroatoms. The van der Waals surface area contributed by atoms with Gasteiger partial charge in [-0.25, -0.2) is 0 Å². The van der Waals surface area contributed by atoms with Gasteiger partial charge in [-0.3, -0.25) is 4.79 Å². The number of Topliss-reactive ketones (excluding diaryl/α,β-unsaturated/α-hetero) is 1. The van der Waals surface area contributed by atoms with Crippen molar-refractivity contribution in [2.24, 2.45) is 0 Å². The smallest absolute Gasteiger partial charge is 0.182 e. The highest BCUT2D eigenvalue weighted by atomic mass is 32.2. The Morgan fingerprint density at radius 3 is 2.41 bits per heavy atom. The van der Waals surface area contributed by atoms with E-state index >= 15 is 0 Å². The van der Waals surface area contributed by atoms with Crippen LogP contribution in [0.5, 0.6) is 0 Å². The van der Waals surface area contributed by atoms with Crippen LogP contribution in [0, 0.1) is 13.8 Å². The Balaban J connectivity index is 1.75. The van der Waals surface area contributed by atoms with Gasteiger partial charge in [0.1, 0.15) is 0 Å². The van der Waals surface area contributed by atoms with E-state index in [4.69, 9.17) is 0 Å². The first-order valence-corrected chi connectivity index (χ1v) is 9.90. The molecule has 0 amide bonds. The Morgan fingerprint density at radius 2 is 1.63 bits per heavy atom. The molecule has 0 saturated carbocycles. The zero-order chi connectivity index (χ0) is 18.8. The Morgan fingerprint density at radius 1 is 0.889 bits per heavy atom. The molecule has 1 atom stereocenters. The molecule has 2 nitrogen and oxygen atoms in total. The van der Waals surface area contributed by atoms with Gasteiger partial charge in [0.05, 0.1) is 5.25 Å². The Labute approximate surface area is 163 Å². The van der Waals surface area contributed by atoms with Gasteiger partial charge in [0.25, 0.3) is 0 Å². The van der Waals surface area contributed by atoms with Crippen LogP contribution >= 0.6 is 11.8 Å². The number of thioether (sulfide) groups is 1. The van der Waals surface area contributed by atoms with Crippen molar-refractivity contribution in [2.45, 2.75) is 24.0 Å². The molecule has 0 aliphatic heterocycles. The van der Waals surface area contributed by atoms with Gasteiger partial charge in [-0.1, -0.05) is 54.6 Å². The SMILES string of the molecule is Cc1ccc(S[C@@H](C(=O)c2c[nH]c3ccccc23)c2ccccc2)cc1C. The highest BCUT2D eigenvalue weighted by Crippen LogP contribution is 2.39. The van der Waals surface area contributed by atoms with E-state index < -0.39 is 0 Å². The van der Waals surface area contributed by atoms with E-state index in [1.807, 2.05) is 60.8 Å². The summed E-state index contributed by atoms with van der Waals surface area (Å²) in [7, 11) is 0. The fraction of sp³-hybridized carbons (Fsp3) is 0.125. The molecule has 1 N–H and O–H groups in total. The highest BCUT2D eigenvalue weighted by Gasteiger charge is 2.25. The lowest BCUT2D eigenvalue weighted by molar-refractivity contribution is 0.0991. The number of hydrogen-bond donors (Lipinski definition) is 1. The fourth-order valence-electron chi connectivity index (χ4n) is 3.24. The number of aromatic amines is 1. The third-order valence-corrected chi connectivity index (χ3v) is 6.18. The number of H-pyrrole nitrogens is 1. The molecule has 0 bridgehead atoms. The quantitative estimate of drug-likeness (QED) is 0.321. The Bertz CT molecular complexity index is 1100. The van der Waals surface area contributed by atoms with Crippen LogP contribution in [0.25, 0.3) is 10.9 Å². The standard InChI is InChI=1S/C24H21NOS/c1-16-12-13-19(14-17(16)2)27-24(18-8-4-3-5-9-18)23(26)21-15-25-22-11-7-6-10-20(21)22/h3-15,24-25H,1-2H3/t24-/m1/s1. The minimum atomic E-state index is -0.285. The van der Waals surface area contributed by atoms with E-state index in [9.17, 15) is 4.79 Å². The maximum Gasteiger partial charge on any atom is 0.182 e. The molecule has 0 aliphatic rings. The van der Waals surface area contributed by atoms with Crippen molar-refractivity contribution in [3.63, 3.8) is 0 Å². The molecule has 4 rings (SSSR count). The molecule has 0 aliphatic carbocycles. The molecule has 1 heterocycles. The van der Waals surface area contributed by atoms with Crippen molar-refractivity contribution in [1.82, 2.24) is 4.98 Å². The summed E-state index contributed by atoms with van der Waals surface area (Å²) in [6, 6.07) is 24.4. The van der Waals surface area contributed by atoms with Crippen molar-refractivity contribution < 1.29 is 4.79 Å². The van der Waals surface area contributed by atoms with Crippen LogP contribution in [0.4, 0.5) is 0 Å². The second-order valence-corrected chi connectivity index (χ2v) is 7.95. The normalized spacial score (nSPS) is 12.2. The van der Waals surface area contributed by atoms with E-state index in [0.717, 1.165) is 26.9 Å². The first kappa shape index (κ1) is 17.6. The van der Waals surface area contributed by atoms with Gasteiger partial charge in [0, 0.05) is 27.6 Å². The third kappa shape index (κ3) is 3.56. The lowest BCUT2D eigenvalue weighted by Gasteiger charge is -2.16. The summed E-state index contributed by atoms with van der Waals surface area (Å²) < 4.78 is 0. The number of nitrogens with one attached hydrogen (secondary N) is 1. The summed E-state index contributed by atoms with van der Waals surface area (Å²) in [6.07, 6.45) is 1.84. The van der Waals surface area contributed by atoms with Crippen LogP contribution in [0.15, 0.2) is 83.9 Å². The van der Waals surface area contributed by atoms with Gasteiger partial charge in [-0.05, 0) is 48.7 Å². The molecule has 0 unspecified atom stereocenters. The fourth-order valence-corrected chi connectivity index (χ4v) is 4.43. The molecule has 0 spiro atoms. The Hall–Kier alpha value is -2.78. The number of rotatable bonds is 5. The molecule has 0 fully saturated rings. The van der Waals surface area contributed by atoms with Crippen molar-refractivity contribution in [1.29, 1.82) is 0 Å². The molecular weight excluding hydrogens is 350 g/mol. The van der Waals surface area contributed by atoms with Crippen LogP contribution in [-0.2, 0) is 0 Å². The molecule has 4 aromatic rings. The number of aryl methyl sites for hydroxylation is 2. The van der Waals surface area contributed by atoms with Crippen molar-refractivity contribution >= 4 is 28.4 Å². The van der Waals surface area contributed by atoms with Gasteiger partial charge in [0.15, 0.2) is 5.78 Å². The van der Waals surface area contributed by atoms with Crippen molar-refractivity contribution in [3.8, 4) is 0 Å². The molecular formula is C24H21NOS. The van der Waals surface area contributed by atoms with Gasteiger partial charge in [-0.15, -0.1) is 11.8 Å². The number of carbonyl (C=O) groups excluding carboxylic acids is 1. The van der Waals surface area contributed by atoms with E-state index in [-0.39, 0.29) is 11.0 Å². The molecule has 0 saturated heterocycles. The monoisotopic (exact) mass is 371 g/mol. The van der Waals surface area contributed by atoms with E-state index in [0.29, 0.717) is 0 Å². The lowest BCUT2D eigenvalue weighted by atomic mass is 10.0. The first-order valence-electron chi connectivity index (χ1n) is 9.02. The zero-order valence-corrected chi connectivity index (χ0v) is 16.2. The summed E-state index contributed by atoms with van der Waals surface area (Å²) in [5.41, 5.74) is 5.26. The number of benzene rings is 3. The number of fused-ring (bicyclic) bond motifs is 1. The molecule has 27 heavy (non-hydrogen) atoms. The predicted molar refractivity (Wildman–Crippen MR) is 114 cm³/mol. The maximum absolute atomic E-state index is 13.5. The highest BCUT2D eigenvalue weighted by molar-refractivity contribution is 8.00. The average Bonchev–Trinajstić information content (AvgIpc) is 3.13. The van der Waals surface area contributed by atoms with E-state index in [1.54, 1.807) is 11.8 Å².